The van der Waals surface area contributed by atoms with Crippen LogP contribution in [0.15, 0.2) is 53.4 Å². The highest BCUT2D eigenvalue weighted by atomic mass is 32.2. The normalized spacial score (nSPS) is 24.4. The number of carbonyl (C=O) groups excluding carboxylic acids is 1. The molecule has 2 saturated carbocycles. The zero-order valence-corrected chi connectivity index (χ0v) is 17.7. The van der Waals surface area contributed by atoms with Crippen LogP contribution in [0.25, 0.3) is 0 Å². The van der Waals surface area contributed by atoms with Crippen LogP contribution in [0.5, 0.6) is 0 Å². The van der Waals surface area contributed by atoms with E-state index in [-0.39, 0.29) is 16.8 Å². The fourth-order valence-corrected chi connectivity index (χ4v) is 6.31. The lowest BCUT2D eigenvalue weighted by Gasteiger charge is -2.28. The smallest absolute Gasteiger partial charge is 0.255 e. The van der Waals surface area contributed by atoms with E-state index in [1.807, 2.05) is 32.0 Å². The van der Waals surface area contributed by atoms with Crippen molar-refractivity contribution in [3.8, 4) is 0 Å². The summed E-state index contributed by atoms with van der Waals surface area (Å²) in [6, 6.07) is 13.6. The minimum absolute atomic E-state index is 0.0593. The first-order valence-corrected chi connectivity index (χ1v) is 11.8. The molecule has 1 amide bonds. The molecule has 5 nitrogen and oxygen atoms in total. The summed E-state index contributed by atoms with van der Waals surface area (Å²) in [7, 11) is -3.58. The van der Waals surface area contributed by atoms with E-state index in [0.29, 0.717) is 23.1 Å². The fourth-order valence-electron chi connectivity index (χ4n) is 5.01. The minimum Gasteiger partial charge on any atom is -0.322 e. The Morgan fingerprint density at radius 3 is 2.45 bits per heavy atom. The Morgan fingerprint density at radius 2 is 1.83 bits per heavy atom. The second-order valence-electron chi connectivity index (χ2n) is 8.60. The van der Waals surface area contributed by atoms with Crippen LogP contribution in [-0.2, 0) is 10.0 Å². The van der Waals surface area contributed by atoms with E-state index in [0.717, 1.165) is 17.9 Å². The molecule has 2 fully saturated rings. The van der Waals surface area contributed by atoms with Gasteiger partial charge in [-0.05, 0) is 87.3 Å². The molecule has 154 valence electrons. The third kappa shape index (κ3) is 4.38. The number of nitrogens with one attached hydrogen (secondary N) is 2. The molecule has 0 aliphatic heterocycles. The van der Waals surface area contributed by atoms with Crippen molar-refractivity contribution in [2.24, 2.45) is 17.8 Å². The molecule has 0 spiro atoms. The van der Waals surface area contributed by atoms with Gasteiger partial charge in [-0.1, -0.05) is 24.1 Å². The molecule has 2 aromatic rings. The Balaban J connectivity index is 1.40. The maximum Gasteiger partial charge on any atom is 0.255 e. The lowest BCUT2D eigenvalue weighted by Crippen LogP contribution is -2.40. The van der Waals surface area contributed by atoms with Crippen LogP contribution in [0, 0.1) is 24.7 Å². The molecule has 2 N–H and O–H groups in total. The van der Waals surface area contributed by atoms with Gasteiger partial charge in [0, 0.05) is 17.3 Å². The van der Waals surface area contributed by atoms with E-state index < -0.39 is 10.0 Å². The van der Waals surface area contributed by atoms with Crippen molar-refractivity contribution in [1.29, 1.82) is 0 Å². The van der Waals surface area contributed by atoms with Gasteiger partial charge in [0.15, 0.2) is 0 Å². The quantitative estimate of drug-likeness (QED) is 0.741. The van der Waals surface area contributed by atoms with Gasteiger partial charge in [0.05, 0.1) is 4.90 Å². The first kappa shape index (κ1) is 20.1. The summed E-state index contributed by atoms with van der Waals surface area (Å²) in [6.45, 7) is 3.92. The molecular weight excluding hydrogens is 384 g/mol. The van der Waals surface area contributed by atoms with Crippen LogP contribution in [0.2, 0.25) is 0 Å². The Kier molecular flexibility index (Phi) is 5.49. The first-order chi connectivity index (χ1) is 13.8. The molecule has 0 radical (unpaired) electrons. The van der Waals surface area contributed by atoms with Gasteiger partial charge < -0.3 is 5.32 Å². The van der Waals surface area contributed by atoms with Crippen molar-refractivity contribution in [3.63, 3.8) is 0 Å². The average molecular weight is 413 g/mol. The van der Waals surface area contributed by atoms with E-state index in [1.165, 1.54) is 19.3 Å². The van der Waals surface area contributed by atoms with Gasteiger partial charge in [-0.25, -0.2) is 13.1 Å². The molecule has 4 unspecified atom stereocenters. The molecule has 0 heterocycles. The first-order valence-electron chi connectivity index (χ1n) is 10.3. The summed E-state index contributed by atoms with van der Waals surface area (Å²) < 4.78 is 28.5. The van der Waals surface area contributed by atoms with Crippen molar-refractivity contribution >= 4 is 21.6 Å². The highest BCUT2D eigenvalue weighted by molar-refractivity contribution is 7.89. The van der Waals surface area contributed by atoms with Crippen molar-refractivity contribution < 1.29 is 13.2 Å². The highest BCUT2D eigenvalue weighted by Crippen LogP contribution is 2.49. The number of anilines is 1. The van der Waals surface area contributed by atoms with Gasteiger partial charge in [-0.15, -0.1) is 0 Å². The summed E-state index contributed by atoms with van der Waals surface area (Å²) >= 11 is 0. The van der Waals surface area contributed by atoms with E-state index in [1.54, 1.807) is 30.3 Å². The fraction of sp³-hybridized carbons (Fsp3) is 0.435. The van der Waals surface area contributed by atoms with Crippen LogP contribution in [0.1, 0.15) is 48.5 Å². The predicted octanol–water partition coefficient (Wildman–Crippen LogP) is 4.35. The van der Waals surface area contributed by atoms with Gasteiger partial charge >= 0.3 is 0 Å². The molecule has 29 heavy (non-hydrogen) atoms. The number of benzene rings is 2. The number of amides is 1. The number of hydrogen-bond acceptors (Lipinski definition) is 3. The molecule has 2 aliphatic rings. The third-order valence-electron chi connectivity index (χ3n) is 6.48. The summed E-state index contributed by atoms with van der Waals surface area (Å²) in [4.78, 5) is 12.6. The molecule has 4 rings (SSSR count). The van der Waals surface area contributed by atoms with Crippen LogP contribution < -0.4 is 10.0 Å². The van der Waals surface area contributed by atoms with Gasteiger partial charge in [0.1, 0.15) is 0 Å². The van der Waals surface area contributed by atoms with Crippen molar-refractivity contribution in [1.82, 2.24) is 4.72 Å². The second-order valence-corrected chi connectivity index (χ2v) is 10.3. The number of carbonyl (C=O) groups is 1. The monoisotopic (exact) mass is 412 g/mol. The molecule has 4 atom stereocenters. The van der Waals surface area contributed by atoms with E-state index in [9.17, 15) is 13.2 Å². The molecule has 6 heteroatoms. The lowest BCUT2D eigenvalue weighted by atomic mass is 9.84. The molecule has 2 aromatic carbocycles. The lowest BCUT2D eigenvalue weighted by molar-refractivity contribution is 0.102. The van der Waals surface area contributed by atoms with Gasteiger partial charge in [-0.3, -0.25) is 4.79 Å². The standard InChI is InChI=1S/C23H28N2O3S/c1-15-4-3-5-19(12-15)23(26)24-20-8-10-21(11-9-20)29(27,28)25-16(2)22-14-17-6-7-18(22)13-17/h3-5,8-12,16-18,22,25H,6-7,13-14H2,1-2H3,(H,24,26). The van der Waals surface area contributed by atoms with Gasteiger partial charge in [0.25, 0.3) is 5.91 Å². The Hall–Kier alpha value is -2.18. The van der Waals surface area contributed by atoms with Crippen LogP contribution in [0.4, 0.5) is 5.69 Å². The maximum atomic E-state index is 12.8. The van der Waals surface area contributed by atoms with Crippen LogP contribution in [-0.4, -0.2) is 20.4 Å². The summed E-state index contributed by atoms with van der Waals surface area (Å²) in [5.41, 5.74) is 2.15. The van der Waals surface area contributed by atoms with E-state index >= 15 is 0 Å². The highest BCUT2D eigenvalue weighted by Gasteiger charge is 2.42. The molecule has 2 bridgehead atoms. The minimum atomic E-state index is -3.58. The van der Waals surface area contributed by atoms with Crippen LogP contribution in [0.3, 0.4) is 0 Å². The summed E-state index contributed by atoms with van der Waals surface area (Å²) in [5.74, 6) is 1.67. The number of rotatable bonds is 6. The molecular formula is C23H28N2O3S. The van der Waals surface area contributed by atoms with Crippen molar-refractivity contribution in [3.05, 3.63) is 59.7 Å². The molecule has 0 aromatic heterocycles. The summed E-state index contributed by atoms with van der Waals surface area (Å²) in [5, 5.41) is 2.81. The number of fused-ring (bicyclic) bond motifs is 2. The zero-order chi connectivity index (χ0) is 20.6. The Labute approximate surface area is 173 Å². The predicted molar refractivity (Wildman–Crippen MR) is 114 cm³/mol. The average Bonchev–Trinajstić information content (AvgIpc) is 3.32. The Morgan fingerprint density at radius 1 is 1.07 bits per heavy atom. The van der Waals surface area contributed by atoms with Crippen LogP contribution >= 0.6 is 0 Å². The van der Waals surface area contributed by atoms with Crippen molar-refractivity contribution in [2.45, 2.75) is 50.5 Å². The molecule has 0 saturated heterocycles. The van der Waals surface area contributed by atoms with E-state index in [2.05, 4.69) is 10.0 Å². The molecule has 2 aliphatic carbocycles. The van der Waals surface area contributed by atoms with E-state index in [4.69, 9.17) is 0 Å². The Bertz CT molecular complexity index is 1000. The number of aryl methyl sites for hydroxylation is 1. The van der Waals surface area contributed by atoms with Gasteiger partial charge in [-0.2, -0.15) is 0 Å². The van der Waals surface area contributed by atoms with Crippen molar-refractivity contribution in [2.75, 3.05) is 5.32 Å². The number of hydrogen-bond donors (Lipinski definition) is 2. The summed E-state index contributed by atoms with van der Waals surface area (Å²) in [6.07, 6.45) is 4.93. The van der Waals surface area contributed by atoms with Gasteiger partial charge in [0.2, 0.25) is 10.0 Å². The number of sulfonamides is 1. The third-order valence-corrected chi connectivity index (χ3v) is 8.05. The maximum absolute atomic E-state index is 12.8. The zero-order valence-electron chi connectivity index (χ0n) is 16.9. The largest absolute Gasteiger partial charge is 0.322 e. The second kappa shape index (κ2) is 7.92. The topological polar surface area (TPSA) is 75.3 Å². The SMILES string of the molecule is Cc1cccc(C(=O)Nc2ccc(S(=O)(=O)NC(C)C3CC4CCC3C4)cc2)c1.